The summed E-state index contributed by atoms with van der Waals surface area (Å²) in [5.41, 5.74) is 2.18. The molecular weight excluding hydrogens is 235 g/mol. The zero-order chi connectivity index (χ0) is 12.7. The fourth-order valence-electron chi connectivity index (χ4n) is 2.40. The van der Waals surface area contributed by atoms with Crippen LogP contribution >= 0.6 is 0 Å². The average molecular weight is 246 g/mol. The molecule has 4 nitrogen and oxygen atoms in total. The van der Waals surface area contributed by atoms with Crippen LogP contribution in [-0.2, 0) is 11.2 Å². The maximum atomic E-state index is 13.2. The highest BCUT2D eigenvalue weighted by atomic mass is 19.1. The standard InChI is InChI=1S/C13H11FN2O2/c14-7-1-2-8-9-3-4-15-6-10(13(17)18)12(9)16-11(8)5-7/h1-2,5-6,10,16H,3-4H2,(H,17,18). The SMILES string of the molecule is O=C(O)C1C=NCCc2c1[nH]c1cc(F)ccc21. The van der Waals surface area contributed by atoms with Gasteiger partial charge in [-0.15, -0.1) is 0 Å². The van der Waals surface area contributed by atoms with Gasteiger partial charge in [0.2, 0.25) is 0 Å². The molecule has 1 atom stereocenters. The molecule has 0 saturated heterocycles. The zero-order valence-electron chi connectivity index (χ0n) is 9.48. The molecule has 2 N–H and O–H groups in total. The second kappa shape index (κ2) is 3.94. The van der Waals surface area contributed by atoms with E-state index in [9.17, 15) is 14.3 Å². The Bertz CT molecular complexity index is 660. The highest BCUT2D eigenvalue weighted by Crippen LogP contribution is 2.30. The summed E-state index contributed by atoms with van der Waals surface area (Å²) in [6.07, 6.45) is 2.11. The lowest BCUT2D eigenvalue weighted by Crippen LogP contribution is -2.13. The number of nitrogens with zero attached hydrogens (tertiary/aromatic N) is 1. The van der Waals surface area contributed by atoms with E-state index in [1.54, 1.807) is 6.07 Å². The van der Waals surface area contributed by atoms with Gasteiger partial charge < -0.3 is 10.1 Å². The molecule has 0 radical (unpaired) electrons. The van der Waals surface area contributed by atoms with Crippen molar-refractivity contribution in [3.63, 3.8) is 0 Å². The number of aliphatic carboxylic acids is 1. The lowest BCUT2D eigenvalue weighted by atomic mass is 10.0. The van der Waals surface area contributed by atoms with E-state index in [2.05, 4.69) is 9.98 Å². The van der Waals surface area contributed by atoms with Gasteiger partial charge in [-0.05, 0) is 30.2 Å². The maximum absolute atomic E-state index is 13.2. The van der Waals surface area contributed by atoms with Gasteiger partial charge in [0.15, 0.2) is 0 Å². The van der Waals surface area contributed by atoms with Crippen LogP contribution in [0.5, 0.6) is 0 Å². The van der Waals surface area contributed by atoms with E-state index in [1.165, 1.54) is 18.3 Å². The number of carboxylic acids is 1. The summed E-state index contributed by atoms with van der Waals surface area (Å²) in [6, 6.07) is 4.46. The summed E-state index contributed by atoms with van der Waals surface area (Å²) >= 11 is 0. The number of fused-ring (bicyclic) bond motifs is 3. The summed E-state index contributed by atoms with van der Waals surface area (Å²) in [5, 5.41) is 10.1. The van der Waals surface area contributed by atoms with Gasteiger partial charge in [0.1, 0.15) is 11.7 Å². The monoisotopic (exact) mass is 246 g/mol. The number of carboxylic acid groups (broad SMARTS) is 1. The van der Waals surface area contributed by atoms with Crippen molar-refractivity contribution in [3.8, 4) is 0 Å². The molecule has 1 aliphatic heterocycles. The van der Waals surface area contributed by atoms with Crippen LogP contribution in [-0.4, -0.2) is 28.8 Å². The van der Waals surface area contributed by atoms with Crippen LogP contribution in [0.3, 0.4) is 0 Å². The quantitative estimate of drug-likeness (QED) is 0.809. The second-order valence-electron chi connectivity index (χ2n) is 4.33. The molecule has 2 aromatic rings. The molecule has 1 aliphatic rings. The largest absolute Gasteiger partial charge is 0.480 e. The van der Waals surface area contributed by atoms with E-state index < -0.39 is 11.9 Å². The molecule has 0 fully saturated rings. The third kappa shape index (κ3) is 1.59. The molecule has 92 valence electrons. The Balaban J connectivity index is 2.26. The minimum absolute atomic E-state index is 0.334. The molecule has 1 aromatic heterocycles. The van der Waals surface area contributed by atoms with Crippen molar-refractivity contribution in [3.05, 3.63) is 35.3 Å². The topological polar surface area (TPSA) is 65.4 Å². The number of aliphatic imine (C=N–C) groups is 1. The Morgan fingerprint density at radius 2 is 2.33 bits per heavy atom. The van der Waals surface area contributed by atoms with E-state index >= 15 is 0 Å². The first-order chi connectivity index (χ1) is 8.66. The van der Waals surface area contributed by atoms with Crippen molar-refractivity contribution in [2.45, 2.75) is 12.3 Å². The molecule has 18 heavy (non-hydrogen) atoms. The number of aromatic amines is 1. The van der Waals surface area contributed by atoms with Crippen molar-refractivity contribution in [2.24, 2.45) is 4.99 Å². The smallest absolute Gasteiger partial charge is 0.318 e. The number of H-pyrrole nitrogens is 1. The maximum Gasteiger partial charge on any atom is 0.318 e. The summed E-state index contributed by atoms with van der Waals surface area (Å²) < 4.78 is 13.2. The van der Waals surface area contributed by atoms with Crippen LogP contribution in [0.2, 0.25) is 0 Å². The number of rotatable bonds is 1. The fourth-order valence-corrected chi connectivity index (χ4v) is 2.40. The first-order valence-corrected chi connectivity index (χ1v) is 5.69. The molecule has 0 aliphatic carbocycles. The van der Waals surface area contributed by atoms with Crippen LogP contribution in [0.15, 0.2) is 23.2 Å². The number of nitrogens with one attached hydrogen (secondary N) is 1. The molecule has 0 saturated carbocycles. The van der Waals surface area contributed by atoms with Crippen molar-refractivity contribution in [1.29, 1.82) is 0 Å². The summed E-state index contributed by atoms with van der Waals surface area (Å²) in [5.74, 6) is -2.06. The normalized spacial score (nSPS) is 18.6. The van der Waals surface area contributed by atoms with Gasteiger partial charge in [-0.3, -0.25) is 9.79 Å². The molecule has 1 unspecified atom stereocenters. The highest BCUT2D eigenvalue weighted by molar-refractivity contribution is 5.98. The zero-order valence-corrected chi connectivity index (χ0v) is 9.48. The molecule has 1 aromatic carbocycles. The third-order valence-electron chi connectivity index (χ3n) is 3.22. The van der Waals surface area contributed by atoms with Gasteiger partial charge in [-0.2, -0.15) is 0 Å². The Hall–Kier alpha value is -2.17. The first kappa shape index (κ1) is 11.0. The molecule has 0 spiro atoms. The summed E-state index contributed by atoms with van der Waals surface area (Å²) in [6.45, 7) is 0.557. The Morgan fingerprint density at radius 3 is 3.11 bits per heavy atom. The summed E-state index contributed by atoms with van der Waals surface area (Å²) in [4.78, 5) is 18.3. The number of aromatic nitrogens is 1. The average Bonchev–Trinajstić information content (AvgIpc) is 2.53. The van der Waals surface area contributed by atoms with Crippen molar-refractivity contribution in [1.82, 2.24) is 4.98 Å². The van der Waals surface area contributed by atoms with Gasteiger partial charge in [-0.25, -0.2) is 4.39 Å². The van der Waals surface area contributed by atoms with Gasteiger partial charge in [0.25, 0.3) is 0 Å². The number of halogens is 1. The van der Waals surface area contributed by atoms with Gasteiger partial charge in [-0.1, -0.05) is 0 Å². The predicted octanol–water partition coefficient (Wildman–Crippen LogP) is 2.10. The van der Waals surface area contributed by atoms with Gasteiger partial charge in [0.05, 0.1) is 0 Å². The minimum Gasteiger partial charge on any atom is -0.480 e. The molecule has 0 amide bonds. The van der Waals surface area contributed by atoms with E-state index in [4.69, 9.17) is 0 Å². The lowest BCUT2D eigenvalue weighted by molar-refractivity contribution is -0.137. The lowest BCUT2D eigenvalue weighted by Gasteiger charge is -2.05. The van der Waals surface area contributed by atoms with Crippen molar-refractivity contribution >= 4 is 23.1 Å². The van der Waals surface area contributed by atoms with Crippen molar-refractivity contribution < 1.29 is 14.3 Å². The Morgan fingerprint density at radius 1 is 1.50 bits per heavy atom. The van der Waals surface area contributed by atoms with Gasteiger partial charge >= 0.3 is 5.97 Å². The van der Waals surface area contributed by atoms with Crippen LogP contribution in [0.4, 0.5) is 4.39 Å². The minimum atomic E-state index is -0.950. The van der Waals surface area contributed by atoms with Crippen LogP contribution in [0, 0.1) is 5.82 Å². The van der Waals surface area contributed by atoms with E-state index in [1.807, 2.05) is 0 Å². The van der Waals surface area contributed by atoms with Crippen LogP contribution in [0.1, 0.15) is 17.2 Å². The first-order valence-electron chi connectivity index (χ1n) is 5.69. The number of hydrogen-bond donors (Lipinski definition) is 2. The Kier molecular flexibility index (Phi) is 2.40. The van der Waals surface area contributed by atoms with Crippen LogP contribution in [0.25, 0.3) is 10.9 Å². The van der Waals surface area contributed by atoms with E-state index in [-0.39, 0.29) is 5.82 Å². The second-order valence-corrected chi connectivity index (χ2v) is 4.33. The van der Waals surface area contributed by atoms with Crippen molar-refractivity contribution in [2.75, 3.05) is 6.54 Å². The number of benzene rings is 1. The number of carbonyl (C=O) groups is 1. The molecular formula is C13H11FN2O2. The van der Waals surface area contributed by atoms with E-state index in [0.717, 1.165) is 10.9 Å². The third-order valence-corrected chi connectivity index (χ3v) is 3.22. The predicted molar refractivity (Wildman–Crippen MR) is 65.7 cm³/mol. The summed E-state index contributed by atoms with van der Waals surface area (Å²) in [7, 11) is 0. The molecule has 2 heterocycles. The molecule has 5 heteroatoms. The fraction of sp³-hybridized carbons (Fsp3) is 0.231. The molecule has 3 rings (SSSR count). The molecule has 0 bridgehead atoms. The van der Waals surface area contributed by atoms with Crippen LogP contribution < -0.4 is 0 Å². The highest BCUT2D eigenvalue weighted by Gasteiger charge is 2.26. The van der Waals surface area contributed by atoms with Gasteiger partial charge in [0, 0.05) is 29.4 Å². The number of hydrogen-bond acceptors (Lipinski definition) is 2. The van der Waals surface area contributed by atoms with E-state index in [0.29, 0.717) is 24.2 Å². The Labute approximate surface area is 102 Å².